The SMILES string of the molecule is Cc1sc(NC(=O)c2ccccc2C(=O)O)nc1-c1ccc(F)cc1. The number of aromatic carboxylic acids is 1. The number of carbonyl (C=O) groups excluding carboxylic acids is 1. The lowest BCUT2D eigenvalue weighted by Crippen LogP contribution is -2.16. The van der Waals surface area contributed by atoms with Gasteiger partial charge in [0.1, 0.15) is 5.82 Å². The normalized spacial score (nSPS) is 10.5. The molecule has 0 atom stereocenters. The number of hydrogen-bond acceptors (Lipinski definition) is 4. The summed E-state index contributed by atoms with van der Waals surface area (Å²) in [6, 6.07) is 11.9. The van der Waals surface area contributed by atoms with Crippen LogP contribution in [0.5, 0.6) is 0 Å². The van der Waals surface area contributed by atoms with E-state index in [-0.39, 0.29) is 16.9 Å². The molecule has 0 aliphatic carbocycles. The molecular weight excluding hydrogens is 343 g/mol. The largest absolute Gasteiger partial charge is 0.478 e. The number of amides is 1. The number of aromatic nitrogens is 1. The smallest absolute Gasteiger partial charge is 0.336 e. The lowest BCUT2D eigenvalue weighted by Gasteiger charge is -2.05. The van der Waals surface area contributed by atoms with Gasteiger partial charge in [-0.3, -0.25) is 10.1 Å². The van der Waals surface area contributed by atoms with Gasteiger partial charge in [-0.2, -0.15) is 0 Å². The number of benzene rings is 2. The van der Waals surface area contributed by atoms with Crippen molar-refractivity contribution in [3.05, 3.63) is 70.4 Å². The van der Waals surface area contributed by atoms with Gasteiger partial charge in [0.15, 0.2) is 5.13 Å². The molecule has 1 heterocycles. The summed E-state index contributed by atoms with van der Waals surface area (Å²) >= 11 is 1.27. The van der Waals surface area contributed by atoms with E-state index in [1.165, 1.54) is 35.6 Å². The van der Waals surface area contributed by atoms with Crippen LogP contribution in [0, 0.1) is 12.7 Å². The number of rotatable bonds is 4. The molecule has 1 amide bonds. The van der Waals surface area contributed by atoms with Crippen molar-refractivity contribution in [1.82, 2.24) is 4.98 Å². The Labute approximate surface area is 146 Å². The Bertz CT molecular complexity index is 951. The van der Waals surface area contributed by atoms with Gasteiger partial charge in [0, 0.05) is 10.4 Å². The Hall–Kier alpha value is -3.06. The molecule has 3 rings (SSSR count). The molecule has 3 aromatic rings. The van der Waals surface area contributed by atoms with Gasteiger partial charge in [0.2, 0.25) is 0 Å². The summed E-state index contributed by atoms with van der Waals surface area (Å²) in [5.41, 5.74) is 1.37. The number of nitrogens with zero attached hydrogens (tertiary/aromatic N) is 1. The monoisotopic (exact) mass is 356 g/mol. The standard InChI is InChI=1S/C18H13FN2O3S/c1-10-15(11-6-8-12(19)9-7-11)20-18(25-10)21-16(22)13-4-2-3-5-14(13)17(23)24/h2-9H,1H3,(H,23,24)(H,20,21,22). The van der Waals surface area contributed by atoms with Crippen LogP contribution in [0.25, 0.3) is 11.3 Å². The number of halogens is 1. The summed E-state index contributed by atoms with van der Waals surface area (Å²) in [4.78, 5) is 28.8. The van der Waals surface area contributed by atoms with E-state index in [1.807, 2.05) is 6.92 Å². The number of thiazole rings is 1. The van der Waals surface area contributed by atoms with Crippen LogP contribution in [0.4, 0.5) is 9.52 Å². The molecule has 0 aliphatic rings. The molecule has 0 fully saturated rings. The third-order valence-electron chi connectivity index (χ3n) is 3.54. The maximum absolute atomic E-state index is 13.0. The fourth-order valence-corrected chi connectivity index (χ4v) is 3.19. The van der Waals surface area contributed by atoms with Crippen molar-refractivity contribution in [3.8, 4) is 11.3 Å². The van der Waals surface area contributed by atoms with Gasteiger partial charge in [0.05, 0.1) is 16.8 Å². The molecule has 2 N–H and O–H groups in total. The second kappa shape index (κ2) is 6.82. The van der Waals surface area contributed by atoms with Crippen LogP contribution in [0.2, 0.25) is 0 Å². The lowest BCUT2D eigenvalue weighted by molar-refractivity contribution is 0.0692. The number of carboxylic acid groups (broad SMARTS) is 1. The number of nitrogens with one attached hydrogen (secondary N) is 1. The van der Waals surface area contributed by atoms with Crippen LogP contribution in [-0.2, 0) is 0 Å². The van der Waals surface area contributed by atoms with Crippen LogP contribution in [0.3, 0.4) is 0 Å². The zero-order valence-corrected chi connectivity index (χ0v) is 13.9. The van der Waals surface area contributed by atoms with Crippen LogP contribution in [0.1, 0.15) is 25.6 Å². The van der Waals surface area contributed by atoms with Crippen molar-refractivity contribution in [1.29, 1.82) is 0 Å². The molecule has 0 saturated carbocycles. The molecule has 2 aromatic carbocycles. The van der Waals surface area contributed by atoms with E-state index in [2.05, 4.69) is 10.3 Å². The van der Waals surface area contributed by atoms with Gasteiger partial charge >= 0.3 is 5.97 Å². The quantitative estimate of drug-likeness (QED) is 0.734. The van der Waals surface area contributed by atoms with Gasteiger partial charge in [0.25, 0.3) is 5.91 Å². The zero-order chi connectivity index (χ0) is 18.0. The summed E-state index contributed by atoms with van der Waals surface area (Å²) in [6.45, 7) is 1.84. The Balaban J connectivity index is 1.87. The van der Waals surface area contributed by atoms with E-state index >= 15 is 0 Å². The molecule has 1 aromatic heterocycles. The number of hydrogen-bond donors (Lipinski definition) is 2. The summed E-state index contributed by atoms with van der Waals surface area (Å²) in [5, 5.41) is 12.2. The summed E-state index contributed by atoms with van der Waals surface area (Å²) < 4.78 is 13.0. The molecular formula is C18H13FN2O3S. The molecule has 5 nitrogen and oxygen atoms in total. The average Bonchev–Trinajstić information content (AvgIpc) is 2.95. The predicted molar refractivity (Wildman–Crippen MR) is 93.6 cm³/mol. The van der Waals surface area contributed by atoms with Gasteiger partial charge in [-0.05, 0) is 43.3 Å². The van der Waals surface area contributed by atoms with E-state index in [0.29, 0.717) is 10.8 Å². The highest BCUT2D eigenvalue weighted by atomic mass is 32.1. The van der Waals surface area contributed by atoms with Crippen molar-refractivity contribution in [2.45, 2.75) is 6.92 Å². The van der Waals surface area contributed by atoms with Crippen molar-refractivity contribution in [2.75, 3.05) is 5.32 Å². The summed E-state index contributed by atoms with van der Waals surface area (Å²) in [5.74, 6) is -2.05. The molecule has 0 spiro atoms. The van der Waals surface area contributed by atoms with Crippen molar-refractivity contribution < 1.29 is 19.1 Å². The van der Waals surface area contributed by atoms with E-state index in [1.54, 1.807) is 24.3 Å². The topological polar surface area (TPSA) is 79.3 Å². The van der Waals surface area contributed by atoms with Crippen LogP contribution < -0.4 is 5.32 Å². The second-order valence-electron chi connectivity index (χ2n) is 5.24. The highest BCUT2D eigenvalue weighted by Gasteiger charge is 2.18. The first kappa shape index (κ1) is 16.8. The first-order valence-electron chi connectivity index (χ1n) is 7.33. The second-order valence-corrected chi connectivity index (χ2v) is 6.44. The molecule has 7 heteroatoms. The Kier molecular flexibility index (Phi) is 4.58. The van der Waals surface area contributed by atoms with Crippen LogP contribution in [0.15, 0.2) is 48.5 Å². The minimum Gasteiger partial charge on any atom is -0.478 e. The molecule has 0 radical (unpaired) electrons. The van der Waals surface area contributed by atoms with E-state index < -0.39 is 11.9 Å². The fourth-order valence-electron chi connectivity index (χ4n) is 2.36. The number of carboxylic acids is 1. The summed E-state index contributed by atoms with van der Waals surface area (Å²) in [7, 11) is 0. The minimum absolute atomic E-state index is 0.0613. The minimum atomic E-state index is -1.17. The van der Waals surface area contributed by atoms with Crippen molar-refractivity contribution >= 4 is 28.3 Å². The predicted octanol–water partition coefficient (Wildman–Crippen LogP) is 4.21. The molecule has 0 aliphatic heterocycles. The Morgan fingerprint density at radius 3 is 2.36 bits per heavy atom. The number of carbonyl (C=O) groups is 2. The van der Waals surface area contributed by atoms with E-state index in [4.69, 9.17) is 0 Å². The van der Waals surface area contributed by atoms with Crippen LogP contribution >= 0.6 is 11.3 Å². The maximum Gasteiger partial charge on any atom is 0.336 e. The van der Waals surface area contributed by atoms with Gasteiger partial charge in [-0.15, -0.1) is 11.3 Å². The molecule has 0 saturated heterocycles. The number of aryl methyl sites for hydroxylation is 1. The fraction of sp³-hybridized carbons (Fsp3) is 0.0556. The maximum atomic E-state index is 13.0. The van der Waals surface area contributed by atoms with E-state index in [9.17, 15) is 19.1 Å². The molecule has 126 valence electrons. The van der Waals surface area contributed by atoms with Gasteiger partial charge in [-0.1, -0.05) is 12.1 Å². The van der Waals surface area contributed by atoms with Gasteiger partial charge in [-0.25, -0.2) is 14.2 Å². The van der Waals surface area contributed by atoms with Crippen LogP contribution in [-0.4, -0.2) is 22.0 Å². The third kappa shape index (κ3) is 3.56. The highest BCUT2D eigenvalue weighted by Crippen LogP contribution is 2.30. The Morgan fingerprint density at radius 2 is 1.72 bits per heavy atom. The number of anilines is 1. The van der Waals surface area contributed by atoms with Crippen molar-refractivity contribution in [3.63, 3.8) is 0 Å². The lowest BCUT2D eigenvalue weighted by atomic mass is 10.1. The first-order chi connectivity index (χ1) is 12.0. The van der Waals surface area contributed by atoms with E-state index in [0.717, 1.165) is 10.4 Å². The van der Waals surface area contributed by atoms with Gasteiger partial charge < -0.3 is 5.11 Å². The molecule has 0 bridgehead atoms. The Morgan fingerprint density at radius 1 is 1.08 bits per heavy atom. The van der Waals surface area contributed by atoms with Crippen molar-refractivity contribution in [2.24, 2.45) is 0 Å². The molecule has 25 heavy (non-hydrogen) atoms. The average molecular weight is 356 g/mol. The first-order valence-corrected chi connectivity index (χ1v) is 8.14. The third-order valence-corrected chi connectivity index (χ3v) is 4.42. The highest BCUT2D eigenvalue weighted by molar-refractivity contribution is 7.16. The molecule has 0 unspecified atom stereocenters. The zero-order valence-electron chi connectivity index (χ0n) is 13.1. The summed E-state index contributed by atoms with van der Waals surface area (Å²) in [6.07, 6.45) is 0.